The molecule has 0 aromatic heterocycles. The Morgan fingerprint density at radius 1 is 1.12 bits per heavy atom. The number of rotatable bonds is 3. The SMILES string of the molecule is Cc1cccc(C)c1CC1(CBr)CCCC1. The van der Waals surface area contributed by atoms with Crippen molar-refractivity contribution in [3.63, 3.8) is 0 Å². The highest BCUT2D eigenvalue weighted by atomic mass is 79.9. The van der Waals surface area contributed by atoms with Gasteiger partial charge in [0.1, 0.15) is 0 Å². The van der Waals surface area contributed by atoms with E-state index in [1.165, 1.54) is 43.2 Å². The highest BCUT2D eigenvalue weighted by Gasteiger charge is 2.33. The van der Waals surface area contributed by atoms with Gasteiger partial charge in [-0.2, -0.15) is 0 Å². The number of halogens is 1. The number of hydrogen-bond acceptors (Lipinski definition) is 0. The Morgan fingerprint density at radius 2 is 1.69 bits per heavy atom. The molecule has 1 aromatic rings. The molecule has 0 spiro atoms. The molecule has 0 atom stereocenters. The summed E-state index contributed by atoms with van der Waals surface area (Å²) in [5.74, 6) is 0. The predicted octanol–water partition coefficient (Wildman–Crippen LogP) is 4.80. The van der Waals surface area contributed by atoms with Crippen LogP contribution in [0.2, 0.25) is 0 Å². The van der Waals surface area contributed by atoms with Crippen LogP contribution in [0, 0.1) is 19.3 Å². The van der Waals surface area contributed by atoms with E-state index in [4.69, 9.17) is 0 Å². The molecule has 0 bridgehead atoms. The summed E-state index contributed by atoms with van der Waals surface area (Å²) in [6, 6.07) is 6.67. The van der Waals surface area contributed by atoms with E-state index in [2.05, 4.69) is 48.0 Å². The quantitative estimate of drug-likeness (QED) is 0.698. The molecule has 0 heterocycles. The lowest BCUT2D eigenvalue weighted by atomic mass is 9.80. The largest absolute Gasteiger partial charge is 0.0922 e. The molecule has 16 heavy (non-hydrogen) atoms. The molecule has 1 heteroatoms. The Kier molecular flexibility index (Phi) is 3.73. The standard InChI is InChI=1S/C15H21Br/c1-12-6-5-7-13(2)14(12)10-15(11-16)8-3-4-9-15/h5-7H,3-4,8-11H2,1-2H3. The Hall–Kier alpha value is -0.300. The average molecular weight is 281 g/mol. The monoisotopic (exact) mass is 280 g/mol. The van der Waals surface area contributed by atoms with E-state index in [0.717, 1.165) is 5.33 Å². The van der Waals surface area contributed by atoms with Crippen LogP contribution in [0.1, 0.15) is 42.4 Å². The van der Waals surface area contributed by atoms with E-state index in [1.807, 2.05) is 0 Å². The zero-order chi connectivity index (χ0) is 11.6. The van der Waals surface area contributed by atoms with Gasteiger partial charge in [-0.25, -0.2) is 0 Å². The van der Waals surface area contributed by atoms with Crippen molar-refractivity contribution in [2.75, 3.05) is 5.33 Å². The summed E-state index contributed by atoms with van der Waals surface area (Å²) >= 11 is 3.74. The van der Waals surface area contributed by atoms with Crippen LogP contribution in [0.25, 0.3) is 0 Å². The van der Waals surface area contributed by atoms with E-state index in [-0.39, 0.29) is 0 Å². The number of hydrogen-bond donors (Lipinski definition) is 0. The molecule has 0 aliphatic heterocycles. The first-order valence-electron chi connectivity index (χ1n) is 6.28. The molecule has 88 valence electrons. The van der Waals surface area contributed by atoms with Gasteiger partial charge in [0, 0.05) is 5.33 Å². The Balaban J connectivity index is 2.25. The summed E-state index contributed by atoms with van der Waals surface area (Å²) in [6.45, 7) is 4.50. The zero-order valence-corrected chi connectivity index (χ0v) is 11.9. The molecule has 0 amide bonds. The van der Waals surface area contributed by atoms with Gasteiger partial charge < -0.3 is 0 Å². The lowest BCUT2D eigenvalue weighted by Crippen LogP contribution is -2.22. The van der Waals surface area contributed by atoms with Crippen molar-refractivity contribution in [3.05, 3.63) is 34.9 Å². The molecule has 1 aliphatic rings. The van der Waals surface area contributed by atoms with Crippen molar-refractivity contribution in [2.24, 2.45) is 5.41 Å². The van der Waals surface area contributed by atoms with Gasteiger partial charge in [-0.15, -0.1) is 0 Å². The van der Waals surface area contributed by atoms with Crippen molar-refractivity contribution in [1.82, 2.24) is 0 Å². The van der Waals surface area contributed by atoms with Gasteiger partial charge >= 0.3 is 0 Å². The van der Waals surface area contributed by atoms with E-state index in [9.17, 15) is 0 Å². The summed E-state index contributed by atoms with van der Waals surface area (Å²) in [5, 5.41) is 1.16. The maximum atomic E-state index is 3.74. The van der Waals surface area contributed by atoms with E-state index in [0.29, 0.717) is 5.41 Å². The first kappa shape index (κ1) is 12.2. The molecular weight excluding hydrogens is 260 g/mol. The first-order valence-corrected chi connectivity index (χ1v) is 7.40. The maximum Gasteiger partial charge on any atom is 0.00911 e. The average Bonchev–Trinajstić information content (AvgIpc) is 2.73. The summed E-state index contributed by atoms with van der Waals surface area (Å²) in [7, 11) is 0. The van der Waals surface area contributed by atoms with Gasteiger partial charge in [-0.3, -0.25) is 0 Å². The molecule has 2 rings (SSSR count). The fourth-order valence-electron chi connectivity index (χ4n) is 2.99. The van der Waals surface area contributed by atoms with Gasteiger partial charge in [0.05, 0.1) is 0 Å². The maximum absolute atomic E-state index is 3.74. The van der Waals surface area contributed by atoms with Crippen LogP contribution in [-0.4, -0.2) is 5.33 Å². The molecule has 1 aliphatic carbocycles. The third kappa shape index (κ3) is 2.34. The van der Waals surface area contributed by atoms with Gasteiger partial charge in [0.25, 0.3) is 0 Å². The molecule has 1 fully saturated rings. The smallest absolute Gasteiger partial charge is 0.00911 e. The molecule has 0 unspecified atom stereocenters. The van der Waals surface area contributed by atoms with Gasteiger partial charge in [0.2, 0.25) is 0 Å². The fourth-order valence-corrected chi connectivity index (χ4v) is 3.74. The molecule has 0 nitrogen and oxygen atoms in total. The van der Waals surface area contributed by atoms with Crippen molar-refractivity contribution in [3.8, 4) is 0 Å². The molecule has 1 aromatic carbocycles. The zero-order valence-electron chi connectivity index (χ0n) is 10.4. The second-order valence-corrected chi connectivity index (χ2v) is 5.95. The minimum Gasteiger partial charge on any atom is -0.0922 e. The van der Waals surface area contributed by atoms with Gasteiger partial charge in [-0.1, -0.05) is 47.0 Å². The normalized spacial score (nSPS) is 18.9. The second kappa shape index (κ2) is 4.91. The summed E-state index contributed by atoms with van der Waals surface area (Å²) in [6.07, 6.45) is 6.88. The first-order chi connectivity index (χ1) is 7.67. The van der Waals surface area contributed by atoms with Crippen LogP contribution in [0.5, 0.6) is 0 Å². The minimum atomic E-state index is 0.539. The van der Waals surface area contributed by atoms with E-state index < -0.39 is 0 Å². The Bertz CT molecular complexity index is 341. The van der Waals surface area contributed by atoms with Crippen molar-refractivity contribution in [1.29, 1.82) is 0 Å². The number of alkyl halides is 1. The van der Waals surface area contributed by atoms with E-state index >= 15 is 0 Å². The lowest BCUT2D eigenvalue weighted by Gasteiger charge is -2.28. The van der Waals surface area contributed by atoms with Crippen LogP contribution >= 0.6 is 15.9 Å². The van der Waals surface area contributed by atoms with Crippen LogP contribution in [-0.2, 0) is 6.42 Å². The van der Waals surface area contributed by atoms with Crippen LogP contribution in [0.3, 0.4) is 0 Å². The second-order valence-electron chi connectivity index (χ2n) is 5.39. The molecular formula is C15H21Br. The summed E-state index contributed by atoms with van der Waals surface area (Å²) in [4.78, 5) is 0. The highest BCUT2D eigenvalue weighted by molar-refractivity contribution is 9.09. The van der Waals surface area contributed by atoms with Crippen LogP contribution < -0.4 is 0 Å². The number of aryl methyl sites for hydroxylation is 2. The fraction of sp³-hybridized carbons (Fsp3) is 0.600. The Labute approximate surface area is 108 Å². The Morgan fingerprint density at radius 3 is 2.19 bits per heavy atom. The highest BCUT2D eigenvalue weighted by Crippen LogP contribution is 2.43. The third-order valence-corrected chi connectivity index (χ3v) is 5.33. The summed E-state index contributed by atoms with van der Waals surface area (Å²) < 4.78 is 0. The molecule has 0 saturated heterocycles. The molecule has 1 saturated carbocycles. The minimum absolute atomic E-state index is 0.539. The number of benzene rings is 1. The molecule has 0 radical (unpaired) electrons. The topological polar surface area (TPSA) is 0 Å². The third-order valence-electron chi connectivity index (χ3n) is 4.14. The lowest BCUT2D eigenvalue weighted by molar-refractivity contribution is 0.345. The van der Waals surface area contributed by atoms with E-state index in [1.54, 1.807) is 5.56 Å². The van der Waals surface area contributed by atoms with Crippen molar-refractivity contribution >= 4 is 15.9 Å². The predicted molar refractivity (Wildman–Crippen MR) is 74.3 cm³/mol. The van der Waals surface area contributed by atoms with Crippen molar-refractivity contribution < 1.29 is 0 Å². The molecule has 0 N–H and O–H groups in total. The van der Waals surface area contributed by atoms with Gasteiger partial charge in [-0.05, 0) is 55.2 Å². The summed E-state index contributed by atoms with van der Waals surface area (Å²) in [5.41, 5.74) is 5.06. The van der Waals surface area contributed by atoms with Crippen LogP contribution in [0.4, 0.5) is 0 Å². The van der Waals surface area contributed by atoms with Gasteiger partial charge in [0.15, 0.2) is 0 Å². The van der Waals surface area contributed by atoms with Crippen molar-refractivity contribution in [2.45, 2.75) is 46.0 Å². The van der Waals surface area contributed by atoms with Crippen LogP contribution in [0.15, 0.2) is 18.2 Å².